The zero-order valence-corrected chi connectivity index (χ0v) is 20.0. The largest absolute Gasteiger partial charge is 0.339 e. The van der Waals surface area contributed by atoms with Gasteiger partial charge in [0.15, 0.2) is 0 Å². The fourth-order valence-electron chi connectivity index (χ4n) is 3.23. The molecule has 1 heterocycles. The molecule has 0 saturated carbocycles. The number of carbonyl (C=O) groups excluding carboxylic acids is 3. The highest BCUT2D eigenvalue weighted by Crippen LogP contribution is 2.09. The molecule has 3 rings (SSSR count). The van der Waals surface area contributed by atoms with Crippen molar-refractivity contribution in [3.05, 3.63) is 95.3 Å². The van der Waals surface area contributed by atoms with Gasteiger partial charge >= 0.3 is 0 Å². The van der Waals surface area contributed by atoms with Gasteiger partial charge in [-0.15, -0.1) is 0 Å². The number of rotatable bonds is 10. The molecule has 38 heavy (non-hydrogen) atoms. The van der Waals surface area contributed by atoms with Gasteiger partial charge in [0.2, 0.25) is 5.91 Å². The van der Waals surface area contributed by atoms with E-state index in [1.165, 1.54) is 5.48 Å². The lowest BCUT2D eigenvalue weighted by Crippen LogP contribution is -2.50. The summed E-state index contributed by atoms with van der Waals surface area (Å²) in [5.41, 5.74) is 10.5. The molecule has 3 amide bonds. The van der Waals surface area contributed by atoms with Crippen molar-refractivity contribution in [3.63, 3.8) is 0 Å². The molecule has 0 unspecified atom stereocenters. The first kappa shape index (κ1) is 29.7. The summed E-state index contributed by atoms with van der Waals surface area (Å²) in [5.74, 6) is 4.62. The summed E-state index contributed by atoms with van der Waals surface area (Å²) >= 11 is 0. The van der Waals surface area contributed by atoms with Gasteiger partial charge in [-0.25, -0.2) is 5.48 Å². The molecule has 3 aromatic rings. The van der Waals surface area contributed by atoms with Crippen LogP contribution in [0.5, 0.6) is 0 Å². The molecule has 0 aliphatic heterocycles. The maximum atomic E-state index is 12.3. The Kier molecular flexibility index (Phi) is 12.1. The lowest BCUT2D eigenvalue weighted by atomic mass is 10.1. The maximum Gasteiger partial charge on any atom is 0.267 e. The molecule has 1 aromatic heterocycles. The molecule has 198 valence electrons. The van der Waals surface area contributed by atoms with E-state index in [0.29, 0.717) is 23.4 Å². The van der Waals surface area contributed by atoms with E-state index < -0.39 is 17.9 Å². The quantitative estimate of drug-likeness (QED) is 0.103. The van der Waals surface area contributed by atoms with E-state index in [4.69, 9.17) is 10.9 Å². The van der Waals surface area contributed by atoms with Gasteiger partial charge in [0, 0.05) is 41.3 Å². The van der Waals surface area contributed by atoms with Gasteiger partial charge in [0.25, 0.3) is 11.8 Å². The Balaban J connectivity index is 0.00000507. The predicted molar refractivity (Wildman–Crippen MR) is 145 cm³/mol. The van der Waals surface area contributed by atoms with Gasteiger partial charge in [-0.3, -0.25) is 24.6 Å². The number of hydrogen-bond donors (Lipinski definition) is 6. The number of amides is 3. The first-order valence-electron chi connectivity index (χ1n) is 11.5. The number of benzene rings is 2. The lowest BCUT2D eigenvalue weighted by molar-refractivity contribution is -0.130. The van der Waals surface area contributed by atoms with Crippen molar-refractivity contribution >= 4 is 23.4 Å². The summed E-state index contributed by atoms with van der Waals surface area (Å²) in [6.45, 7) is 0.739. The van der Waals surface area contributed by atoms with E-state index in [-0.39, 0.29) is 26.4 Å². The number of nitrogens with zero attached hydrogens (tertiary/aromatic N) is 1. The minimum atomic E-state index is -1.04. The van der Waals surface area contributed by atoms with E-state index in [0.717, 1.165) is 17.5 Å². The number of hydroxylamine groups is 1. The third-order valence-electron chi connectivity index (χ3n) is 5.26. The molecule has 0 radical (unpaired) electrons. The standard InChI is InChI=1S/C27H28N6O4.CH4/c28-17-24(27(36)33-37)32-26(35)22-7-3-19(4-8-22)1-2-20-5-9-23(10-6-20)31-25(34)18-30-16-13-21-11-14-29-15-12-21;/h3-12,14-15,24,30,37H,13,16-18,28H2,(H,31,34)(H,32,35)(H,33,36);1H4/t24-;/m0./s1. The molecule has 1 atom stereocenters. The van der Waals surface area contributed by atoms with Crippen molar-refractivity contribution < 1.29 is 19.6 Å². The molecule has 0 bridgehead atoms. The van der Waals surface area contributed by atoms with Crippen molar-refractivity contribution in [2.24, 2.45) is 5.73 Å². The lowest BCUT2D eigenvalue weighted by Gasteiger charge is -2.14. The van der Waals surface area contributed by atoms with Crippen LogP contribution >= 0.6 is 0 Å². The molecule has 0 spiro atoms. The number of nitrogens with one attached hydrogen (secondary N) is 4. The third-order valence-corrected chi connectivity index (χ3v) is 5.26. The van der Waals surface area contributed by atoms with Gasteiger partial charge in [0.05, 0.1) is 6.54 Å². The number of carbonyl (C=O) groups is 3. The van der Waals surface area contributed by atoms with Crippen molar-refractivity contribution in [1.82, 2.24) is 21.1 Å². The number of anilines is 1. The second kappa shape index (κ2) is 15.5. The Bertz CT molecular complexity index is 1250. The highest BCUT2D eigenvalue weighted by atomic mass is 16.5. The Morgan fingerprint density at radius 3 is 2.11 bits per heavy atom. The van der Waals surface area contributed by atoms with Crippen LogP contribution in [-0.2, 0) is 16.0 Å². The Morgan fingerprint density at radius 2 is 1.53 bits per heavy atom. The van der Waals surface area contributed by atoms with Gasteiger partial charge in [-0.05, 0) is 79.2 Å². The Labute approximate surface area is 222 Å². The topological polar surface area (TPSA) is 158 Å². The van der Waals surface area contributed by atoms with Crippen molar-refractivity contribution in [3.8, 4) is 11.8 Å². The number of hydrogen-bond acceptors (Lipinski definition) is 7. The van der Waals surface area contributed by atoms with E-state index in [9.17, 15) is 14.4 Å². The molecule has 7 N–H and O–H groups in total. The zero-order chi connectivity index (χ0) is 26.5. The van der Waals surface area contributed by atoms with Crippen LogP contribution in [0.4, 0.5) is 5.69 Å². The second-order valence-electron chi connectivity index (χ2n) is 7.97. The number of aromatic nitrogens is 1. The number of pyridine rings is 1. The molecule has 0 saturated heterocycles. The fourth-order valence-corrected chi connectivity index (χ4v) is 3.23. The highest BCUT2D eigenvalue weighted by molar-refractivity contribution is 5.97. The summed E-state index contributed by atoms with van der Waals surface area (Å²) in [4.78, 5) is 39.8. The summed E-state index contributed by atoms with van der Waals surface area (Å²) in [6, 6.07) is 16.5. The van der Waals surface area contributed by atoms with E-state index in [1.807, 2.05) is 12.1 Å². The van der Waals surface area contributed by atoms with Crippen molar-refractivity contribution in [1.29, 1.82) is 0 Å². The molecule has 0 fully saturated rings. The van der Waals surface area contributed by atoms with Crippen molar-refractivity contribution in [2.75, 3.05) is 25.0 Å². The minimum absolute atomic E-state index is 0. The number of nitrogens with two attached hydrogens (primary N) is 1. The Morgan fingerprint density at radius 1 is 0.921 bits per heavy atom. The monoisotopic (exact) mass is 516 g/mol. The van der Waals surface area contributed by atoms with Crippen LogP contribution in [-0.4, -0.2) is 53.6 Å². The molecule has 10 heteroatoms. The molecule has 2 aromatic carbocycles. The molecular formula is C28H32N6O4. The van der Waals surface area contributed by atoms with Crippen LogP contribution in [0.2, 0.25) is 0 Å². The van der Waals surface area contributed by atoms with E-state index in [2.05, 4.69) is 32.8 Å². The van der Waals surface area contributed by atoms with E-state index in [1.54, 1.807) is 60.9 Å². The van der Waals surface area contributed by atoms with Crippen molar-refractivity contribution in [2.45, 2.75) is 19.9 Å². The van der Waals surface area contributed by atoms with Gasteiger partial charge < -0.3 is 21.7 Å². The van der Waals surface area contributed by atoms with Gasteiger partial charge in [0.1, 0.15) is 6.04 Å². The van der Waals surface area contributed by atoms with Crippen LogP contribution in [0, 0.1) is 11.8 Å². The first-order chi connectivity index (χ1) is 18.0. The highest BCUT2D eigenvalue weighted by Gasteiger charge is 2.19. The SMILES string of the molecule is C.NC[C@H](NC(=O)c1ccc(C#Cc2ccc(NC(=O)CNCCc3ccncc3)cc2)cc1)C(=O)NO. The zero-order valence-electron chi connectivity index (χ0n) is 20.0. The average molecular weight is 517 g/mol. The normalized spacial score (nSPS) is 10.7. The van der Waals surface area contributed by atoms with Gasteiger partial charge in [-0.2, -0.15) is 0 Å². The maximum absolute atomic E-state index is 12.3. The summed E-state index contributed by atoms with van der Waals surface area (Å²) in [6.07, 6.45) is 4.31. The second-order valence-corrected chi connectivity index (χ2v) is 7.97. The average Bonchev–Trinajstić information content (AvgIpc) is 2.94. The Hall–Kier alpha value is -4.56. The van der Waals surface area contributed by atoms with Gasteiger partial charge in [-0.1, -0.05) is 19.3 Å². The summed E-state index contributed by atoms with van der Waals surface area (Å²) in [7, 11) is 0. The van der Waals surface area contributed by atoms with Crippen LogP contribution < -0.4 is 27.2 Å². The fraction of sp³-hybridized carbons (Fsp3) is 0.214. The minimum Gasteiger partial charge on any atom is -0.339 e. The smallest absolute Gasteiger partial charge is 0.267 e. The summed E-state index contributed by atoms with van der Waals surface area (Å²) < 4.78 is 0. The van der Waals surface area contributed by atoms with E-state index >= 15 is 0 Å². The molecular weight excluding hydrogens is 484 g/mol. The third kappa shape index (κ3) is 9.48. The first-order valence-corrected chi connectivity index (χ1v) is 11.5. The van der Waals surface area contributed by atoms with Crippen LogP contribution in [0.25, 0.3) is 0 Å². The van der Waals surface area contributed by atoms with Crippen LogP contribution in [0.1, 0.15) is 34.5 Å². The predicted octanol–water partition coefficient (Wildman–Crippen LogP) is 1.45. The van der Waals surface area contributed by atoms with Crippen LogP contribution in [0.15, 0.2) is 73.1 Å². The summed E-state index contributed by atoms with van der Waals surface area (Å²) in [5, 5.41) is 17.1. The molecule has 0 aliphatic carbocycles. The molecule has 10 nitrogen and oxygen atoms in total. The van der Waals surface area contributed by atoms with Crippen LogP contribution in [0.3, 0.4) is 0 Å². The molecule has 0 aliphatic rings.